The predicted octanol–water partition coefficient (Wildman–Crippen LogP) is 4.40. The van der Waals surface area contributed by atoms with E-state index in [1.165, 1.54) is 30.4 Å². The minimum absolute atomic E-state index is 0.237. The summed E-state index contributed by atoms with van der Waals surface area (Å²) in [7, 11) is 0. The van der Waals surface area contributed by atoms with Crippen molar-refractivity contribution in [3.63, 3.8) is 0 Å². The quantitative estimate of drug-likeness (QED) is 0.509. The molecule has 2 aromatic heterocycles. The molecule has 5 heterocycles. The molecule has 3 aliphatic rings. The molecule has 2 N–H and O–H groups in total. The third-order valence-corrected chi connectivity index (χ3v) is 9.60. The lowest BCUT2D eigenvalue weighted by atomic mass is 9.87. The standard InChI is InChI=1S/C27H33F3N6OS/c1-18-19(3-2-4-20(18)27(28,29)30)13-23-22(15-34-7-5-26(16-34)6-12-38-17-26)32-25-21(31)14-24(33-36(23)25)35-8-10-37-11-9-35/h2-4,14H,5-13,15-17,31H2,1H3. The van der Waals surface area contributed by atoms with Crippen LogP contribution in [0.2, 0.25) is 0 Å². The number of nitrogen functional groups attached to an aromatic ring is 1. The molecule has 0 radical (unpaired) electrons. The molecule has 1 unspecified atom stereocenters. The maximum atomic E-state index is 13.7. The lowest BCUT2D eigenvalue weighted by molar-refractivity contribution is -0.138. The lowest BCUT2D eigenvalue weighted by Gasteiger charge is -2.28. The second kappa shape index (κ2) is 9.91. The molecule has 7 nitrogen and oxygen atoms in total. The second-order valence-corrected chi connectivity index (χ2v) is 11.9. The summed E-state index contributed by atoms with van der Waals surface area (Å²) in [4.78, 5) is 9.50. The molecule has 6 rings (SSSR count). The second-order valence-electron chi connectivity index (χ2n) is 10.8. The van der Waals surface area contributed by atoms with Gasteiger partial charge >= 0.3 is 6.18 Å². The fourth-order valence-electron chi connectivity index (χ4n) is 6.08. The summed E-state index contributed by atoms with van der Waals surface area (Å²) in [6.45, 7) is 6.83. The van der Waals surface area contributed by atoms with Gasteiger partial charge in [0, 0.05) is 44.4 Å². The highest BCUT2D eigenvalue weighted by molar-refractivity contribution is 7.99. The third kappa shape index (κ3) is 4.84. The first-order valence-corrected chi connectivity index (χ1v) is 14.3. The molecule has 11 heteroatoms. The van der Waals surface area contributed by atoms with Crippen molar-refractivity contribution in [2.24, 2.45) is 5.41 Å². The number of morpholine rings is 1. The molecule has 1 aromatic carbocycles. The molecule has 0 saturated carbocycles. The average Bonchev–Trinajstić information content (AvgIpc) is 3.61. The highest BCUT2D eigenvalue weighted by Crippen LogP contribution is 2.44. The van der Waals surface area contributed by atoms with Crippen LogP contribution < -0.4 is 10.6 Å². The van der Waals surface area contributed by atoms with Crippen molar-refractivity contribution in [1.29, 1.82) is 0 Å². The van der Waals surface area contributed by atoms with Gasteiger partial charge in [-0.05, 0) is 54.7 Å². The number of imidazole rings is 1. The highest BCUT2D eigenvalue weighted by atomic mass is 32.2. The van der Waals surface area contributed by atoms with E-state index >= 15 is 0 Å². The van der Waals surface area contributed by atoms with Crippen LogP contribution in [0.4, 0.5) is 24.7 Å². The van der Waals surface area contributed by atoms with E-state index in [2.05, 4.69) is 9.80 Å². The van der Waals surface area contributed by atoms with Gasteiger partial charge in [-0.3, -0.25) is 4.90 Å². The number of fused-ring (bicyclic) bond motifs is 1. The van der Waals surface area contributed by atoms with Crippen molar-refractivity contribution in [2.75, 3.05) is 61.5 Å². The van der Waals surface area contributed by atoms with Crippen LogP contribution in [-0.2, 0) is 23.9 Å². The SMILES string of the molecule is Cc1c(Cc2c(CN3CCC4(CCSC4)C3)nc3c(N)cc(N4CCOCC4)nn23)cccc1C(F)(F)F. The molecule has 204 valence electrons. The van der Waals surface area contributed by atoms with Gasteiger partial charge < -0.3 is 15.4 Å². The smallest absolute Gasteiger partial charge is 0.396 e. The van der Waals surface area contributed by atoms with Crippen LogP contribution in [0.3, 0.4) is 0 Å². The number of benzene rings is 1. The minimum Gasteiger partial charge on any atom is -0.396 e. The maximum Gasteiger partial charge on any atom is 0.416 e. The number of likely N-dealkylation sites (tertiary alicyclic amines) is 1. The van der Waals surface area contributed by atoms with Gasteiger partial charge in [-0.25, -0.2) is 9.50 Å². The van der Waals surface area contributed by atoms with Crippen molar-refractivity contribution in [1.82, 2.24) is 19.5 Å². The van der Waals surface area contributed by atoms with Crippen LogP contribution >= 0.6 is 11.8 Å². The monoisotopic (exact) mass is 546 g/mol. The van der Waals surface area contributed by atoms with Crippen molar-refractivity contribution in [3.05, 3.63) is 52.3 Å². The first-order chi connectivity index (χ1) is 18.2. The molecule has 3 aromatic rings. The zero-order valence-corrected chi connectivity index (χ0v) is 22.4. The molecule has 0 aliphatic carbocycles. The van der Waals surface area contributed by atoms with Gasteiger partial charge in [0.25, 0.3) is 0 Å². The van der Waals surface area contributed by atoms with E-state index < -0.39 is 11.7 Å². The molecule has 1 spiro atoms. The lowest BCUT2D eigenvalue weighted by Crippen LogP contribution is -2.37. The number of aromatic nitrogens is 3. The molecular weight excluding hydrogens is 513 g/mol. The summed E-state index contributed by atoms with van der Waals surface area (Å²) in [5.74, 6) is 3.14. The number of halogens is 3. The van der Waals surface area contributed by atoms with Gasteiger partial charge in [0.15, 0.2) is 11.5 Å². The summed E-state index contributed by atoms with van der Waals surface area (Å²) < 4.78 is 48.4. The van der Waals surface area contributed by atoms with E-state index in [-0.39, 0.29) is 5.56 Å². The van der Waals surface area contributed by atoms with Crippen LogP contribution in [0.5, 0.6) is 0 Å². The Morgan fingerprint density at radius 2 is 1.97 bits per heavy atom. The number of ether oxygens (including phenoxy) is 1. The number of hydrogen-bond donors (Lipinski definition) is 1. The van der Waals surface area contributed by atoms with E-state index in [1.54, 1.807) is 17.5 Å². The summed E-state index contributed by atoms with van der Waals surface area (Å²) in [5, 5.41) is 4.92. The largest absolute Gasteiger partial charge is 0.416 e. The van der Waals surface area contributed by atoms with Gasteiger partial charge in [0.1, 0.15) is 0 Å². The Balaban J connectivity index is 1.41. The minimum atomic E-state index is -4.41. The highest BCUT2D eigenvalue weighted by Gasteiger charge is 2.41. The topological polar surface area (TPSA) is 71.9 Å². The van der Waals surface area contributed by atoms with Crippen LogP contribution in [0.25, 0.3) is 5.65 Å². The molecule has 38 heavy (non-hydrogen) atoms. The summed E-state index contributed by atoms with van der Waals surface area (Å²) in [6, 6.07) is 6.24. The number of alkyl halides is 3. The van der Waals surface area contributed by atoms with Crippen molar-refractivity contribution in [2.45, 2.75) is 38.9 Å². The third-order valence-electron chi connectivity index (χ3n) is 8.30. The first kappa shape index (κ1) is 25.8. The number of anilines is 2. The van der Waals surface area contributed by atoms with Crippen molar-refractivity contribution >= 4 is 28.9 Å². The van der Waals surface area contributed by atoms with Crippen LogP contribution in [0.15, 0.2) is 24.3 Å². The Morgan fingerprint density at radius 1 is 1.16 bits per heavy atom. The summed E-state index contributed by atoms with van der Waals surface area (Å²) >= 11 is 2.03. The van der Waals surface area contributed by atoms with Crippen molar-refractivity contribution < 1.29 is 17.9 Å². The van der Waals surface area contributed by atoms with Gasteiger partial charge in [-0.15, -0.1) is 5.10 Å². The van der Waals surface area contributed by atoms with Gasteiger partial charge in [-0.1, -0.05) is 12.1 Å². The van der Waals surface area contributed by atoms with E-state index in [9.17, 15) is 13.2 Å². The number of hydrogen-bond acceptors (Lipinski definition) is 7. The summed E-state index contributed by atoms with van der Waals surface area (Å²) in [5.41, 5.74) is 9.84. The van der Waals surface area contributed by atoms with Crippen LogP contribution in [0, 0.1) is 12.3 Å². The fourth-order valence-corrected chi connectivity index (χ4v) is 7.61. The van der Waals surface area contributed by atoms with Gasteiger partial charge in [-0.2, -0.15) is 24.9 Å². The Labute approximate surface area is 224 Å². The normalized spacial score (nSPS) is 22.8. The van der Waals surface area contributed by atoms with E-state index in [0.29, 0.717) is 61.6 Å². The van der Waals surface area contributed by atoms with Crippen LogP contribution in [0.1, 0.15) is 40.9 Å². The van der Waals surface area contributed by atoms with E-state index in [4.69, 9.17) is 20.6 Å². The van der Waals surface area contributed by atoms with Gasteiger partial charge in [0.2, 0.25) is 0 Å². The Kier molecular flexibility index (Phi) is 6.72. The predicted molar refractivity (Wildman–Crippen MR) is 144 cm³/mol. The van der Waals surface area contributed by atoms with Gasteiger partial charge in [0.05, 0.1) is 35.9 Å². The zero-order chi connectivity index (χ0) is 26.5. The molecule has 0 bridgehead atoms. The molecule has 3 aliphatic heterocycles. The molecular formula is C27H33F3N6OS. The summed E-state index contributed by atoms with van der Waals surface area (Å²) in [6.07, 6.45) is -1.69. The number of nitrogens with zero attached hydrogens (tertiary/aromatic N) is 5. The molecule has 3 saturated heterocycles. The number of rotatable bonds is 5. The fraction of sp³-hybridized carbons (Fsp3) is 0.556. The molecule has 3 fully saturated rings. The molecule has 1 atom stereocenters. The Bertz CT molecular complexity index is 1330. The van der Waals surface area contributed by atoms with Crippen LogP contribution in [-0.4, -0.2) is 70.4 Å². The van der Waals surface area contributed by atoms with E-state index in [0.717, 1.165) is 36.4 Å². The Hall–Kier alpha value is -2.50. The van der Waals surface area contributed by atoms with E-state index in [1.807, 2.05) is 17.8 Å². The molecule has 0 amide bonds. The zero-order valence-electron chi connectivity index (χ0n) is 21.6. The Morgan fingerprint density at radius 3 is 2.71 bits per heavy atom. The average molecular weight is 547 g/mol. The first-order valence-electron chi connectivity index (χ1n) is 13.2. The maximum absolute atomic E-state index is 13.7. The number of nitrogens with two attached hydrogens (primary N) is 1. The van der Waals surface area contributed by atoms with Crippen molar-refractivity contribution in [3.8, 4) is 0 Å². The number of thioether (sulfide) groups is 1.